The van der Waals surface area contributed by atoms with E-state index in [-0.39, 0.29) is 12.5 Å². The van der Waals surface area contributed by atoms with Gasteiger partial charge in [-0.1, -0.05) is 17.2 Å². The Labute approximate surface area is 110 Å². The van der Waals surface area contributed by atoms with Crippen LogP contribution >= 0.6 is 0 Å². The molecule has 0 spiro atoms. The molecule has 0 unspecified atom stereocenters. The van der Waals surface area contributed by atoms with Crippen molar-refractivity contribution >= 4 is 11.6 Å². The van der Waals surface area contributed by atoms with Crippen molar-refractivity contribution < 1.29 is 14.3 Å². The van der Waals surface area contributed by atoms with E-state index in [0.717, 1.165) is 0 Å². The molecular formula is C12H14N4O3. The maximum absolute atomic E-state index is 11.8. The molecule has 7 heteroatoms. The zero-order valence-corrected chi connectivity index (χ0v) is 10.4. The Balaban J connectivity index is 1.89. The Morgan fingerprint density at radius 1 is 1.47 bits per heavy atom. The van der Waals surface area contributed by atoms with Crippen LogP contribution in [-0.2, 0) is 9.53 Å². The Bertz CT molecular complexity index is 494. The lowest BCUT2D eigenvalue weighted by atomic mass is 10.3. The number of carbonyl (C=O) groups is 1. The van der Waals surface area contributed by atoms with E-state index >= 15 is 0 Å². The molecule has 1 aliphatic rings. The minimum atomic E-state index is -0.0718. The third-order valence-electron chi connectivity index (χ3n) is 2.70. The highest BCUT2D eigenvalue weighted by Gasteiger charge is 2.16. The lowest BCUT2D eigenvalue weighted by Crippen LogP contribution is -2.42. The first-order chi connectivity index (χ1) is 9.29. The fourth-order valence-electron chi connectivity index (χ4n) is 1.74. The van der Waals surface area contributed by atoms with E-state index in [0.29, 0.717) is 37.7 Å². The molecule has 0 aliphatic carbocycles. The summed E-state index contributed by atoms with van der Waals surface area (Å²) in [4.78, 5) is 16.3. The molecular weight excluding hydrogens is 248 g/mol. The summed E-state index contributed by atoms with van der Waals surface area (Å²) in [5, 5.41) is 3.47. The predicted octanol–water partition coefficient (Wildman–Crippen LogP) is 1.87. The minimum Gasteiger partial charge on any atom is -0.484 e. The second kappa shape index (κ2) is 6.63. The van der Waals surface area contributed by atoms with Gasteiger partial charge in [0.2, 0.25) is 0 Å². The summed E-state index contributed by atoms with van der Waals surface area (Å²) < 4.78 is 10.6. The number of carbonyl (C=O) groups excluding carboxylic acids is 1. The number of hydrogen-bond donors (Lipinski definition) is 0. The molecule has 1 aromatic carbocycles. The first-order valence-electron chi connectivity index (χ1n) is 5.93. The van der Waals surface area contributed by atoms with Crippen LogP contribution in [-0.4, -0.2) is 43.7 Å². The van der Waals surface area contributed by atoms with E-state index in [2.05, 4.69) is 10.0 Å². The van der Waals surface area contributed by atoms with Crippen molar-refractivity contribution in [1.29, 1.82) is 0 Å². The molecule has 0 aromatic heterocycles. The summed E-state index contributed by atoms with van der Waals surface area (Å²) in [6.45, 7) is 2.30. The van der Waals surface area contributed by atoms with E-state index in [4.69, 9.17) is 15.0 Å². The second-order valence-electron chi connectivity index (χ2n) is 3.97. The molecule has 1 saturated heterocycles. The monoisotopic (exact) mass is 262 g/mol. The van der Waals surface area contributed by atoms with Crippen LogP contribution in [0.3, 0.4) is 0 Å². The van der Waals surface area contributed by atoms with Gasteiger partial charge in [0, 0.05) is 23.7 Å². The van der Waals surface area contributed by atoms with Crippen LogP contribution < -0.4 is 4.74 Å². The Morgan fingerprint density at radius 3 is 3.00 bits per heavy atom. The molecule has 0 N–H and O–H groups in total. The molecule has 1 heterocycles. The van der Waals surface area contributed by atoms with E-state index in [1.165, 1.54) is 0 Å². The SMILES string of the molecule is [N-]=[N+]=Nc1cccc(OCC(=O)N2CCOCC2)c1. The van der Waals surface area contributed by atoms with Gasteiger partial charge in [-0.3, -0.25) is 4.79 Å². The highest BCUT2D eigenvalue weighted by Crippen LogP contribution is 2.19. The van der Waals surface area contributed by atoms with Crippen LogP contribution in [0.15, 0.2) is 29.4 Å². The Morgan fingerprint density at radius 2 is 2.26 bits per heavy atom. The number of nitrogens with zero attached hydrogens (tertiary/aromatic N) is 4. The fourth-order valence-corrected chi connectivity index (χ4v) is 1.74. The van der Waals surface area contributed by atoms with Crippen molar-refractivity contribution in [2.45, 2.75) is 0 Å². The second-order valence-corrected chi connectivity index (χ2v) is 3.97. The maximum Gasteiger partial charge on any atom is 0.260 e. The summed E-state index contributed by atoms with van der Waals surface area (Å²) in [6.07, 6.45) is 0. The smallest absolute Gasteiger partial charge is 0.260 e. The molecule has 2 rings (SSSR count). The number of hydrogen-bond acceptors (Lipinski definition) is 4. The minimum absolute atomic E-state index is 0.0281. The van der Waals surface area contributed by atoms with E-state index < -0.39 is 0 Å². The number of ether oxygens (including phenoxy) is 2. The van der Waals surface area contributed by atoms with Crippen LogP contribution in [0.4, 0.5) is 5.69 Å². The van der Waals surface area contributed by atoms with Gasteiger partial charge >= 0.3 is 0 Å². The maximum atomic E-state index is 11.8. The molecule has 1 fully saturated rings. The summed E-state index contributed by atoms with van der Waals surface area (Å²) in [7, 11) is 0. The number of rotatable bonds is 4. The van der Waals surface area contributed by atoms with Crippen molar-refractivity contribution in [2.24, 2.45) is 5.11 Å². The average Bonchev–Trinajstić information content (AvgIpc) is 2.46. The molecule has 100 valence electrons. The van der Waals surface area contributed by atoms with Gasteiger partial charge in [0.1, 0.15) is 5.75 Å². The molecule has 7 nitrogen and oxygen atoms in total. The molecule has 1 aromatic rings. The van der Waals surface area contributed by atoms with Gasteiger partial charge in [-0.25, -0.2) is 0 Å². The first kappa shape index (κ1) is 13.2. The van der Waals surface area contributed by atoms with Crippen LogP contribution in [0.2, 0.25) is 0 Å². The highest BCUT2D eigenvalue weighted by molar-refractivity contribution is 5.77. The lowest BCUT2D eigenvalue weighted by Gasteiger charge is -2.26. The van der Waals surface area contributed by atoms with Crippen LogP contribution in [0.1, 0.15) is 0 Å². The fraction of sp³-hybridized carbons (Fsp3) is 0.417. The third-order valence-corrected chi connectivity index (χ3v) is 2.70. The number of benzene rings is 1. The van der Waals surface area contributed by atoms with Crippen molar-refractivity contribution in [1.82, 2.24) is 4.90 Å². The Kier molecular flexibility index (Phi) is 4.60. The third kappa shape index (κ3) is 3.87. The number of azide groups is 1. The zero-order valence-electron chi connectivity index (χ0n) is 10.4. The van der Waals surface area contributed by atoms with Crippen molar-refractivity contribution in [2.75, 3.05) is 32.9 Å². The lowest BCUT2D eigenvalue weighted by molar-refractivity contribution is -0.137. The Hall–Kier alpha value is -2.24. The molecule has 0 bridgehead atoms. The summed E-state index contributed by atoms with van der Waals surface area (Å²) in [5.74, 6) is 0.434. The van der Waals surface area contributed by atoms with Gasteiger partial charge in [-0.05, 0) is 17.7 Å². The van der Waals surface area contributed by atoms with Crippen molar-refractivity contribution in [3.8, 4) is 5.75 Å². The molecule has 0 radical (unpaired) electrons. The van der Waals surface area contributed by atoms with E-state index in [1.807, 2.05) is 0 Å². The van der Waals surface area contributed by atoms with Gasteiger partial charge in [-0.15, -0.1) is 0 Å². The van der Waals surface area contributed by atoms with Gasteiger partial charge in [0.25, 0.3) is 5.91 Å². The van der Waals surface area contributed by atoms with Crippen molar-refractivity contribution in [3.05, 3.63) is 34.7 Å². The van der Waals surface area contributed by atoms with Gasteiger partial charge in [-0.2, -0.15) is 0 Å². The largest absolute Gasteiger partial charge is 0.484 e. The van der Waals surface area contributed by atoms with Gasteiger partial charge in [0.05, 0.1) is 13.2 Å². The van der Waals surface area contributed by atoms with Gasteiger partial charge in [0.15, 0.2) is 6.61 Å². The molecule has 1 aliphatic heterocycles. The predicted molar refractivity (Wildman–Crippen MR) is 68.1 cm³/mol. The molecule has 1 amide bonds. The average molecular weight is 262 g/mol. The molecule has 0 saturated carbocycles. The normalized spacial score (nSPS) is 14.6. The topological polar surface area (TPSA) is 87.5 Å². The molecule has 0 atom stereocenters. The van der Waals surface area contributed by atoms with Crippen LogP contribution in [0.5, 0.6) is 5.75 Å². The van der Waals surface area contributed by atoms with Crippen molar-refractivity contribution in [3.63, 3.8) is 0 Å². The number of morpholine rings is 1. The van der Waals surface area contributed by atoms with Gasteiger partial charge < -0.3 is 14.4 Å². The zero-order chi connectivity index (χ0) is 13.5. The van der Waals surface area contributed by atoms with Crippen LogP contribution in [0, 0.1) is 0 Å². The quantitative estimate of drug-likeness (QED) is 0.471. The number of amides is 1. The summed E-state index contributed by atoms with van der Waals surface area (Å²) in [6, 6.07) is 6.67. The van der Waals surface area contributed by atoms with Crippen LogP contribution in [0.25, 0.3) is 10.4 Å². The standard InChI is InChI=1S/C12H14N4O3/c13-15-14-10-2-1-3-11(8-10)19-9-12(17)16-4-6-18-7-5-16/h1-3,8H,4-7,9H2. The van der Waals surface area contributed by atoms with E-state index in [9.17, 15) is 4.79 Å². The summed E-state index contributed by atoms with van der Waals surface area (Å²) >= 11 is 0. The first-order valence-corrected chi connectivity index (χ1v) is 5.93. The molecule has 19 heavy (non-hydrogen) atoms. The summed E-state index contributed by atoms with van der Waals surface area (Å²) in [5.41, 5.74) is 8.80. The highest BCUT2D eigenvalue weighted by atomic mass is 16.5. The van der Waals surface area contributed by atoms with E-state index in [1.54, 1.807) is 29.2 Å².